The van der Waals surface area contributed by atoms with Crippen LogP contribution in [0.2, 0.25) is 0 Å². The average Bonchev–Trinajstić information content (AvgIpc) is 2.00. The van der Waals surface area contributed by atoms with Gasteiger partial charge in [-0.25, -0.2) is 0 Å². The average molecular weight is 198 g/mol. The van der Waals surface area contributed by atoms with Gasteiger partial charge in [-0.1, -0.05) is 6.08 Å². The van der Waals surface area contributed by atoms with E-state index < -0.39 is 0 Å². The summed E-state index contributed by atoms with van der Waals surface area (Å²) in [7, 11) is 0. The molecule has 0 atom stereocenters. The van der Waals surface area contributed by atoms with Crippen LogP contribution in [0.3, 0.4) is 0 Å². The van der Waals surface area contributed by atoms with Crippen molar-refractivity contribution in [3.05, 3.63) is 12.7 Å². The minimum atomic E-state index is 0.219. The third kappa shape index (κ3) is 7.10. The zero-order chi connectivity index (χ0) is 11.2. The highest BCUT2D eigenvalue weighted by Crippen LogP contribution is 2.00. The highest BCUT2D eigenvalue weighted by atomic mass is 15.2. The number of hydrogen-bond acceptors (Lipinski definition) is 2. The van der Waals surface area contributed by atoms with Crippen molar-refractivity contribution in [2.45, 2.75) is 46.2 Å². The Kier molecular flexibility index (Phi) is 6.05. The van der Waals surface area contributed by atoms with Crippen molar-refractivity contribution >= 4 is 0 Å². The third-order valence-corrected chi connectivity index (χ3v) is 2.15. The molecular weight excluding hydrogens is 172 g/mol. The molecule has 0 saturated heterocycles. The van der Waals surface area contributed by atoms with Crippen LogP contribution >= 0.6 is 0 Å². The van der Waals surface area contributed by atoms with Gasteiger partial charge in [-0.15, -0.1) is 6.58 Å². The Labute approximate surface area is 89.4 Å². The Hall–Kier alpha value is -0.340. The summed E-state index contributed by atoms with van der Waals surface area (Å²) in [5.41, 5.74) is 0.219. The maximum absolute atomic E-state index is 3.78. The molecule has 0 aliphatic heterocycles. The molecule has 0 spiro atoms. The number of rotatable bonds is 6. The molecule has 0 aliphatic carbocycles. The molecule has 0 aromatic rings. The van der Waals surface area contributed by atoms with E-state index in [0.717, 1.165) is 19.6 Å². The molecule has 0 aromatic carbocycles. The maximum Gasteiger partial charge on any atom is 0.0163 e. The van der Waals surface area contributed by atoms with E-state index >= 15 is 0 Å². The van der Waals surface area contributed by atoms with Gasteiger partial charge in [0.25, 0.3) is 0 Å². The Morgan fingerprint density at radius 3 is 2.29 bits per heavy atom. The normalized spacial score (nSPS) is 12.5. The van der Waals surface area contributed by atoms with Crippen LogP contribution in [0, 0.1) is 0 Å². The zero-order valence-corrected chi connectivity index (χ0v) is 10.4. The summed E-state index contributed by atoms with van der Waals surface area (Å²) in [6.45, 7) is 17.9. The van der Waals surface area contributed by atoms with Crippen LogP contribution in [0.1, 0.15) is 34.6 Å². The quantitative estimate of drug-likeness (QED) is 0.659. The lowest BCUT2D eigenvalue weighted by atomic mass is 10.1. The molecule has 1 N–H and O–H groups in total. The molecule has 2 heteroatoms. The van der Waals surface area contributed by atoms with Gasteiger partial charge >= 0.3 is 0 Å². The number of nitrogens with zero attached hydrogens (tertiary/aromatic N) is 1. The van der Waals surface area contributed by atoms with E-state index in [4.69, 9.17) is 0 Å². The van der Waals surface area contributed by atoms with Gasteiger partial charge in [0, 0.05) is 31.2 Å². The van der Waals surface area contributed by atoms with Crippen LogP contribution in [0.15, 0.2) is 12.7 Å². The van der Waals surface area contributed by atoms with E-state index in [-0.39, 0.29) is 5.54 Å². The summed E-state index contributed by atoms with van der Waals surface area (Å²) in [6.07, 6.45) is 1.97. The first kappa shape index (κ1) is 13.7. The molecule has 0 unspecified atom stereocenters. The van der Waals surface area contributed by atoms with E-state index in [1.165, 1.54) is 0 Å². The van der Waals surface area contributed by atoms with E-state index in [9.17, 15) is 0 Å². The SMILES string of the molecule is C=CCN(CCNC(C)(C)C)C(C)C. The molecule has 14 heavy (non-hydrogen) atoms. The molecule has 0 bridgehead atoms. The van der Waals surface area contributed by atoms with Crippen LogP contribution in [0.5, 0.6) is 0 Å². The van der Waals surface area contributed by atoms with Gasteiger partial charge in [-0.3, -0.25) is 4.90 Å². The van der Waals surface area contributed by atoms with Crippen molar-refractivity contribution in [2.24, 2.45) is 0 Å². The highest BCUT2D eigenvalue weighted by Gasteiger charge is 2.10. The monoisotopic (exact) mass is 198 g/mol. The number of hydrogen-bond donors (Lipinski definition) is 1. The molecule has 0 amide bonds. The van der Waals surface area contributed by atoms with Crippen LogP contribution in [-0.2, 0) is 0 Å². The van der Waals surface area contributed by atoms with Crippen molar-refractivity contribution in [1.82, 2.24) is 10.2 Å². The molecule has 0 fully saturated rings. The summed E-state index contributed by atoms with van der Waals surface area (Å²) in [4.78, 5) is 2.41. The molecule has 0 radical (unpaired) electrons. The molecule has 0 saturated carbocycles. The zero-order valence-electron chi connectivity index (χ0n) is 10.4. The first-order valence-electron chi connectivity index (χ1n) is 5.47. The van der Waals surface area contributed by atoms with E-state index in [0.29, 0.717) is 6.04 Å². The number of nitrogens with one attached hydrogen (secondary N) is 1. The fraction of sp³-hybridized carbons (Fsp3) is 0.833. The van der Waals surface area contributed by atoms with Crippen molar-refractivity contribution in [3.8, 4) is 0 Å². The summed E-state index contributed by atoms with van der Waals surface area (Å²) in [5, 5.41) is 3.49. The minimum absolute atomic E-state index is 0.219. The first-order valence-corrected chi connectivity index (χ1v) is 5.47. The second-order valence-corrected chi connectivity index (χ2v) is 5.05. The van der Waals surface area contributed by atoms with Gasteiger partial charge in [0.1, 0.15) is 0 Å². The van der Waals surface area contributed by atoms with Crippen LogP contribution in [-0.4, -0.2) is 36.1 Å². The lowest BCUT2D eigenvalue weighted by Crippen LogP contribution is -2.43. The smallest absolute Gasteiger partial charge is 0.0163 e. The lowest BCUT2D eigenvalue weighted by molar-refractivity contribution is 0.236. The van der Waals surface area contributed by atoms with Crippen LogP contribution in [0.4, 0.5) is 0 Å². The lowest BCUT2D eigenvalue weighted by Gasteiger charge is -2.27. The van der Waals surface area contributed by atoms with Gasteiger partial charge < -0.3 is 5.32 Å². The van der Waals surface area contributed by atoms with Crippen molar-refractivity contribution in [2.75, 3.05) is 19.6 Å². The Balaban J connectivity index is 3.77. The molecular formula is C12H26N2. The Morgan fingerprint density at radius 2 is 1.93 bits per heavy atom. The van der Waals surface area contributed by atoms with Crippen molar-refractivity contribution in [3.63, 3.8) is 0 Å². The molecule has 0 rings (SSSR count). The van der Waals surface area contributed by atoms with Gasteiger partial charge in [0.15, 0.2) is 0 Å². The highest BCUT2D eigenvalue weighted by molar-refractivity contribution is 4.77. The van der Waals surface area contributed by atoms with Gasteiger partial charge in [0.05, 0.1) is 0 Å². The van der Waals surface area contributed by atoms with Crippen molar-refractivity contribution < 1.29 is 0 Å². The topological polar surface area (TPSA) is 15.3 Å². The van der Waals surface area contributed by atoms with Crippen molar-refractivity contribution in [1.29, 1.82) is 0 Å². The molecule has 0 aromatic heterocycles. The largest absolute Gasteiger partial charge is 0.311 e. The fourth-order valence-corrected chi connectivity index (χ4v) is 1.30. The van der Waals surface area contributed by atoms with Crippen LogP contribution in [0.25, 0.3) is 0 Å². The van der Waals surface area contributed by atoms with Gasteiger partial charge in [0.2, 0.25) is 0 Å². The molecule has 0 aliphatic rings. The van der Waals surface area contributed by atoms with Gasteiger partial charge in [-0.2, -0.15) is 0 Å². The predicted molar refractivity (Wildman–Crippen MR) is 64.7 cm³/mol. The maximum atomic E-state index is 3.78. The first-order chi connectivity index (χ1) is 6.37. The second kappa shape index (κ2) is 6.20. The second-order valence-electron chi connectivity index (χ2n) is 5.05. The predicted octanol–water partition coefficient (Wildman–Crippen LogP) is 2.27. The fourth-order valence-electron chi connectivity index (χ4n) is 1.30. The summed E-state index contributed by atoms with van der Waals surface area (Å²) in [5.74, 6) is 0. The summed E-state index contributed by atoms with van der Waals surface area (Å²) >= 11 is 0. The third-order valence-electron chi connectivity index (χ3n) is 2.15. The van der Waals surface area contributed by atoms with E-state index in [2.05, 4.69) is 51.4 Å². The molecule has 2 nitrogen and oxygen atoms in total. The van der Waals surface area contributed by atoms with E-state index in [1.54, 1.807) is 0 Å². The standard InChI is InChI=1S/C12H26N2/c1-7-9-14(11(2)3)10-8-13-12(4,5)6/h7,11,13H,1,8-10H2,2-6H3. The van der Waals surface area contributed by atoms with Crippen LogP contribution < -0.4 is 5.32 Å². The summed E-state index contributed by atoms with van der Waals surface area (Å²) < 4.78 is 0. The molecule has 0 heterocycles. The molecule has 84 valence electrons. The Bertz CT molecular complexity index is 156. The van der Waals surface area contributed by atoms with E-state index in [1.807, 2.05) is 6.08 Å². The van der Waals surface area contributed by atoms with Gasteiger partial charge in [-0.05, 0) is 34.6 Å². The minimum Gasteiger partial charge on any atom is -0.311 e. The summed E-state index contributed by atoms with van der Waals surface area (Å²) in [6, 6.07) is 0.592. The Morgan fingerprint density at radius 1 is 1.36 bits per heavy atom.